The highest BCUT2D eigenvalue weighted by Crippen LogP contribution is 2.32. The average molecular weight is 640 g/mol. The summed E-state index contributed by atoms with van der Waals surface area (Å²) in [5.74, 6) is 1.10. The zero-order valence-electron chi connectivity index (χ0n) is 29.6. The molecule has 11 atom stereocenters. The molecule has 0 spiro atoms. The predicted octanol–water partition coefficient (Wildman–Crippen LogP) is 4.11. The molecule has 0 aromatic heterocycles. The van der Waals surface area contributed by atoms with E-state index in [0.29, 0.717) is 50.0 Å². The molecule has 2 heterocycles. The highest BCUT2D eigenvalue weighted by molar-refractivity contribution is 5.36. The van der Waals surface area contributed by atoms with Gasteiger partial charge in [0.25, 0.3) is 6.47 Å². The molecule has 2 aliphatic heterocycles. The van der Waals surface area contributed by atoms with Gasteiger partial charge in [-0.3, -0.25) is 4.79 Å². The molecule has 6 N–H and O–H groups in total. The largest absolute Gasteiger partial charge is 0.441 e. The minimum Gasteiger partial charge on any atom is -0.441 e. The quantitative estimate of drug-likeness (QED) is 0.120. The summed E-state index contributed by atoms with van der Waals surface area (Å²) in [6.07, 6.45) is 4.21. The number of ether oxygens (including phenoxy) is 4. The molecule has 0 aliphatic carbocycles. The number of hydrogen-bond acceptors (Lipinski definition) is 11. The Labute approximate surface area is 268 Å². The van der Waals surface area contributed by atoms with E-state index in [-0.39, 0.29) is 37.0 Å². The Hall–Kier alpha value is -0.890. The predicted molar refractivity (Wildman–Crippen MR) is 173 cm³/mol. The van der Waals surface area contributed by atoms with Crippen LogP contribution in [-0.4, -0.2) is 101 Å². The maximum atomic E-state index is 10.8. The molecule has 0 radical (unpaired) electrons. The van der Waals surface area contributed by atoms with E-state index >= 15 is 0 Å². The normalized spacial score (nSPS) is 29.1. The number of rotatable bonds is 14. The van der Waals surface area contributed by atoms with Crippen LogP contribution >= 0.6 is 0 Å². The average Bonchev–Trinajstić information content (AvgIpc) is 2.91. The van der Waals surface area contributed by atoms with Gasteiger partial charge in [0.15, 0.2) is 19.4 Å². The first-order valence-electron chi connectivity index (χ1n) is 16.6. The molecule has 0 bridgehead atoms. The van der Waals surface area contributed by atoms with Crippen LogP contribution in [0.25, 0.3) is 0 Å². The van der Waals surface area contributed by atoms with E-state index in [1.54, 1.807) is 6.92 Å². The molecule has 2 fully saturated rings. The van der Waals surface area contributed by atoms with Gasteiger partial charge in [0, 0.05) is 18.9 Å². The smallest absolute Gasteiger partial charge is 0.295 e. The Morgan fingerprint density at radius 2 is 1.59 bits per heavy atom. The summed E-state index contributed by atoms with van der Waals surface area (Å²) in [7, 11) is 1.91. The molecule has 2 rings (SSSR count). The number of aliphatic hydroxyl groups excluding tert-OH is 4. The number of hydrogen-bond donors (Lipinski definition) is 6. The van der Waals surface area contributed by atoms with Crippen LogP contribution < -0.4 is 5.32 Å². The summed E-state index contributed by atoms with van der Waals surface area (Å²) in [5.41, 5.74) is -0.871. The number of carbonyl (C=O) groups is 1. The number of aliphatic hydroxyl groups is 5. The van der Waals surface area contributed by atoms with Crippen molar-refractivity contribution in [3.05, 3.63) is 0 Å². The van der Waals surface area contributed by atoms with Crippen LogP contribution in [0.4, 0.5) is 0 Å². The highest BCUT2D eigenvalue weighted by Gasteiger charge is 2.34. The van der Waals surface area contributed by atoms with Crippen molar-refractivity contribution in [1.29, 1.82) is 0 Å². The van der Waals surface area contributed by atoms with Gasteiger partial charge in [-0.1, -0.05) is 41.5 Å². The molecule has 0 aromatic rings. The molecule has 0 aromatic carbocycles. The van der Waals surface area contributed by atoms with Gasteiger partial charge in [0.05, 0.1) is 36.1 Å². The third kappa shape index (κ3) is 22.6. The van der Waals surface area contributed by atoms with Gasteiger partial charge in [0.2, 0.25) is 0 Å². The van der Waals surface area contributed by atoms with Gasteiger partial charge in [-0.15, -0.1) is 0 Å². The van der Waals surface area contributed by atoms with Crippen molar-refractivity contribution in [1.82, 2.24) is 5.32 Å². The molecule has 0 saturated carbocycles. The Morgan fingerprint density at radius 1 is 1.00 bits per heavy atom. The summed E-state index contributed by atoms with van der Waals surface area (Å²) in [5, 5.41) is 50.0. The van der Waals surface area contributed by atoms with Crippen LogP contribution in [0.3, 0.4) is 0 Å². The van der Waals surface area contributed by atoms with Crippen molar-refractivity contribution >= 4 is 6.47 Å². The number of nitrogens with one attached hydrogen (secondary N) is 1. The van der Waals surface area contributed by atoms with E-state index < -0.39 is 30.9 Å². The van der Waals surface area contributed by atoms with E-state index in [9.17, 15) is 15.3 Å². The lowest BCUT2D eigenvalue weighted by Gasteiger charge is -2.39. The van der Waals surface area contributed by atoms with Crippen LogP contribution in [0, 0.1) is 17.8 Å². The topological polar surface area (TPSA) is 167 Å². The minimum absolute atomic E-state index is 0.0152. The third-order valence-corrected chi connectivity index (χ3v) is 7.67. The van der Waals surface area contributed by atoms with Crippen LogP contribution in [0.15, 0.2) is 0 Å². The zero-order chi connectivity index (χ0) is 34.5. The Bertz CT molecular complexity index is 661. The van der Waals surface area contributed by atoms with Crippen molar-refractivity contribution in [2.45, 2.75) is 175 Å². The zero-order valence-corrected chi connectivity index (χ0v) is 29.6. The minimum atomic E-state index is -0.871. The van der Waals surface area contributed by atoms with Crippen molar-refractivity contribution in [3.8, 4) is 0 Å². The van der Waals surface area contributed by atoms with Gasteiger partial charge >= 0.3 is 0 Å². The molecule has 44 heavy (non-hydrogen) atoms. The van der Waals surface area contributed by atoms with E-state index in [1.807, 2.05) is 34.7 Å². The fourth-order valence-corrected chi connectivity index (χ4v) is 5.86. The van der Waals surface area contributed by atoms with Crippen molar-refractivity contribution in [2.24, 2.45) is 17.8 Å². The lowest BCUT2D eigenvalue weighted by atomic mass is 9.82. The molecular formula is C33H69NO10. The van der Waals surface area contributed by atoms with Crippen molar-refractivity contribution < 1.29 is 49.3 Å². The maximum absolute atomic E-state index is 10.8. The molecule has 2 aliphatic rings. The summed E-state index contributed by atoms with van der Waals surface area (Å²) >= 11 is 0. The first kappa shape index (κ1) is 45.2. The van der Waals surface area contributed by atoms with Gasteiger partial charge in [-0.25, -0.2) is 0 Å². The second kappa shape index (κ2) is 25.2. The molecule has 11 heteroatoms. The molecule has 266 valence electrons. The van der Waals surface area contributed by atoms with Crippen LogP contribution in [0.5, 0.6) is 0 Å². The fourth-order valence-electron chi connectivity index (χ4n) is 5.86. The van der Waals surface area contributed by atoms with E-state index in [4.69, 9.17) is 29.2 Å². The van der Waals surface area contributed by atoms with Crippen molar-refractivity contribution in [2.75, 3.05) is 13.8 Å². The van der Waals surface area contributed by atoms with E-state index in [1.165, 1.54) is 0 Å². The monoisotopic (exact) mass is 639 g/mol. The lowest BCUT2D eigenvalue weighted by Crippen LogP contribution is -2.41. The molecule has 8 unspecified atom stereocenters. The SMILES string of the molecule is CC.CC1CC(C)O[C@@H](OC(C(C)C)C(C)C[C@@](C)(O)CCC(O)C[C@H](C)O)C1.CNC1CC(C)OC(O)C1.O=COCO. The molecule has 11 nitrogen and oxygen atoms in total. The summed E-state index contributed by atoms with van der Waals surface area (Å²) in [4.78, 5) is 9.02. The van der Waals surface area contributed by atoms with Crippen molar-refractivity contribution in [3.63, 3.8) is 0 Å². The maximum Gasteiger partial charge on any atom is 0.295 e. The first-order chi connectivity index (χ1) is 20.5. The van der Waals surface area contributed by atoms with E-state index in [2.05, 4.69) is 44.7 Å². The Kier molecular flexibility index (Phi) is 25.9. The lowest BCUT2D eigenvalue weighted by molar-refractivity contribution is -0.237. The summed E-state index contributed by atoms with van der Waals surface area (Å²) in [6.45, 7) is 19.9. The van der Waals surface area contributed by atoms with Gasteiger partial charge in [-0.05, 0) is 91.0 Å². The van der Waals surface area contributed by atoms with Crippen LogP contribution in [-0.2, 0) is 23.7 Å². The number of carbonyl (C=O) groups excluding carboxylic acids is 1. The van der Waals surface area contributed by atoms with Crippen LogP contribution in [0.1, 0.15) is 121 Å². The highest BCUT2D eigenvalue weighted by atomic mass is 16.7. The van der Waals surface area contributed by atoms with Gasteiger partial charge in [-0.2, -0.15) is 0 Å². The summed E-state index contributed by atoms with van der Waals surface area (Å²) in [6, 6.07) is 0.416. The third-order valence-electron chi connectivity index (χ3n) is 7.67. The molecular weight excluding hydrogens is 570 g/mol. The second-order valence-corrected chi connectivity index (χ2v) is 13.0. The fraction of sp³-hybridized carbons (Fsp3) is 0.970. The molecule has 2 saturated heterocycles. The second-order valence-electron chi connectivity index (χ2n) is 13.0. The molecule has 0 amide bonds. The summed E-state index contributed by atoms with van der Waals surface area (Å²) < 4.78 is 21.2. The standard InChI is InChI=1S/C22H44O5.C7H15NO2.C2H4O3.C2H6/c1-14(2)21(27-20-11-15(3)10-18(6)26-20)16(4)13-22(7,25)9-8-19(24)12-17(5)23;1-5-3-6(8-2)4-7(9)10-5;3-1-5-2-4;1-2/h14-21,23-25H,8-13H2,1-7H3;5-9H,3-4H2,1-2H3;1,4H,2H2;1-2H3/t15?,16?,17-,18?,19?,20-,21?,22-;;;/m0.../s1. The van der Waals surface area contributed by atoms with Gasteiger partial charge in [0.1, 0.15) is 0 Å². The Morgan fingerprint density at radius 3 is 2.02 bits per heavy atom. The Balaban J connectivity index is 0. The van der Waals surface area contributed by atoms with E-state index in [0.717, 1.165) is 19.3 Å². The van der Waals surface area contributed by atoms with Crippen LogP contribution in [0.2, 0.25) is 0 Å². The van der Waals surface area contributed by atoms with Gasteiger partial charge < -0.3 is 49.8 Å². The first-order valence-corrected chi connectivity index (χ1v) is 16.6.